The van der Waals surface area contributed by atoms with Gasteiger partial charge in [0.15, 0.2) is 0 Å². The standard InChI is InChI=1S/C9H19P/c1-9(2)6-4-8(10-3)5-7-9/h8,10H,4-7H2,1-3H3. The minimum Gasteiger partial charge on any atom is -0.122 e. The Morgan fingerprint density at radius 3 is 2.10 bits per heavy atom. The Bertz CT molecular complexity index is 97.3. The second kappa shape index (κ2) is 3.22. The van der Waals surface area contributed by atoms with Crippen molar-refractivity contribution in [2.75, 3.05) is 6.66 Å². The minimum absolute atomic E-state index is 0.663. The van der Waals surface area contributed by atoms with Crippen molar-refractivity contribution in [3.8, 4) is 0 Å². The highest BCUT2D eigenvalue weighted by atomic mass is 31.1. The molecule has 0 aromatic heterocycles. The maximum Gasteiger partial charge on any atom is -0.0239 e. The third kappa shape index (κ3) is 2.23. The predicted molar refractivity (Wildman–Crippen MR) is 50.3 cm³/mol. The Morgan fingerprint density at radius 2 is 1.70 bits per heavy atom. The van der Waals surface area contributed by atoms with E-state index in [4.69, 9.17) is 0 Å². The molecule has 0 aromatic carbocycles. The molecule has 10 heavy (non-hydrogen) atoms. The third-order valence-corrected chi connectivity index (χ3v) is 4.14. The first-order valence-electron chi connectivity index (χ1n) is 4.31. The first-order valence-corrected chi connectivity index (χ1v) is 5.89. The van der Waals surface area contributed by atoms with Gasteiger partial charge in [-0.15, -0.1) is 8.58 Å². The quantitative estimate of drug-likeness (QED) is 0.514. The topological polar surface area (TPSA) is 0 Å². The van der Waals surface area contributed by atoms with Crippen LogP contribution in [0.1, 0.15) is 39.5 Å². The molecule has 0 aromatic rings. The van der Waals surface area contributed by atoms with Gasteiger partial charge in [-0.1, -0.05) is 13.8 Å². The lowest BCUT2D eigenvalue weighted by atomic mass is 9.77. The highest BCUT2D eigenvalue weighted by Gasteiger charge is 2.25. The fourth-order valence-electron chi connectivity index (χ4n) is 1.69. The first kappa shape index (κ1) is 8.53. The Hall–Kier alpha value is 0.430. The molecule has 0 amide bonds. The minimum atomic E-state index is 0.663. The summed E-state index contributed by atoms with van der Waals surface area (Å²) in [7, 11) is 1.18. The summed E-state index contributed by atoms with van der Waals surface area (Å²) in [5.74, 6) is 0. The molecule has 0 spiro atoms. The number of rotatable bonds is 1. The third-order valence-electron chi connectivity index (χ3n) is 2.75. The van der Waals surface area contributed by atoms with Gasteiger partial charge >= 0.3 is 0 Å². The smallest absolute Gasteiger partial charge is 0.0239 e. The second-order valence-corrected chi connectivity index (χ2v) is 5.62. The van der Waals surface area contributed by atoms with Crippen LogP contribution >= 0.6 is 8.58 Å². The molecule has 1 atom stereocenters. The molecule has 60 valence electrons. The Labute approximate surface area is 66.6 Å². The van der Waals surface area contributed by atoms with Crippen LogP contribution in [0.25, 0.3) is 0 Å². The number of hydrogen-bond donors (Lipinski definition) is 0. The van der Waals surface area contributed by atoms with Gasteiger partial charge in [0, 0.05) is 0 Å². The van der Waals surface area contributed by atoms with Crippen molar-refractivity contribution in [3.05, 3.63) is 0 Å². The van der Waals surface area contributed by atoms with E-state index in [0.717, 1.165) is 5.66 Å². The molecule has 0 aliphatic heterocycles. The van der Waals surface area contributed by atoms with Gasteiger partial charge < -0.3 is 0 Å². The van der Waals surface area contributed by atoms with E-state index >= 15 is 0 Å². The lowest BCUT2D eigenvalue weighted by Gasteiger charge is -2.33. The van der Waals surface area contributed by atoms with Crippen molar-refractivity contribution < 1.29 is 0 Å². The van der Waals surface area contributed by atoms with Gasteiger partial charge in [0.25, 0.3) is 0 Å². The van der Waals surface area contributed by atoms with Gasteiger partial charge in [0.2, 0.25) is 0 Å². The summed E-state index contributed by atoms with van der Waals surface area (Å²) >= 11 is 0. The number of hydrogen-bond acceptors (Lipinski definition) is 0. The lowest BCUT2D eigenvalue weighted by molar-refractivity contribution is 0.249. The van der Waals surface area contributed by atoms with Gasteiger partial charge in [-0.2, -0.15) is 0 Å². The molecule has 0 bridgehead atoms. The molecular weight excluding hydrogens is 139 g/mol. The van der Waals surface area contributed by atoms with Gasteiger partial charge in [0.1, 0.15) is 0 Å². The molecule has 1 fully saturated rings. The Balaban J connectivity index is 2.31. The van der Waals surface area contributed by atoms with Gasteiger partial charge in [-0.25, -0.2) is 0 Å². The first-order chi connectivity index (χ1) is 4.64. The van der Waals surface area contributed by atoms with Crippen LogP contribution < -0.4 is 0 Å². The zero-order valence-electron chi connectivity index (χ0n) is 7.41. The van der Waals surface area contributed by atoms with Crippen LogP contribution in [0, 0.1) is 5.41 Å². The second-order valence-electron chi connectivity index (χ2n) is 4.23. The maximum absolute atomic E-state index is 2.40. The van der Waals surface area contributed by atoms with E-state index in [1.165, 1.54) is 34.3 Å². The van der Waals surface area contributed by atoms with Crippen molar-refractivity contribution in [2.45, 2.75) is 45.2 Å². The highest BCUT2D eigenvalue weighted by Crippen LogP contribution is 2.40. The summed E-state index contributed by atoms with van der Waals surface area (Å²) in [6.45, 7) is 7.16. The van der Waals surface area contributed by atoms with Gasteiger partial charge in [-0.3, -0.25) is 0 Å². The van der Waals surface area contributed by atoms with Crippen LogP contribution in [-0.2, 0) is 0 Å². The molecule has 0 nitrogen and oxygen atoms in total. The molecule has 0 saturated heterocycles. The van der Waals surface area contributed by atoms with Crippen molar-refractivity contribution in [1.29, 1.82) is 0 Å². The van der Waals surface area contributed by atoms with Crippen LogP contribution in [0.3, 0.4) is 0 Å². The van der Waals surface area contributed by atoms with E-state index in [0.29, 0.717) is 5.41 Å². The van der Waals surface area contributed by atoms with Crippen molar-refractivity contribution in [2.24, 2.45) is 5.41 Å². The Kier molecular flexibility index (Phi) is 2.74. The van der Waals surface area contributed by atoms with Gasteiger partial charge in [-0.05, 0) is 43.4 Å². The van der Waals surface area contributed by atoms with Crippen molar-refractivity contribution in [1.82, 2.24) is 0 Å². The summed E-state index contributed by atoms with van der Waals surface area (Å²) in [6.07, 6.45) is 5.89. The van der Waals surface area contributed by atoms with E-state index in [1.807, 2.05) is 0 Å². The highest BCUT2D eigenvalue weighted by molar-refractivity contribution is 7.37. The fourth-order valence-corrected chi connectivity index (χ4v) is 2.55. The molecule has 1 aliphatic carbocycles. The molecule has 0 heterocycles. The monoisotopic (exact) mass is 158 g/mol. The summed E-state index contributed by atoms with van der Waals surface area (Å²) < 4.78 is 0. The van der Waals surface area contributed by atoms with E-state index < -0.39 is 0 Å². The van der Waals surface area contributed by atoms with E-state index in [9.17, 15) is 0 Å². The molecule has 1 rings (SSSR count). The van der Waals surface area contributed by atoms with Crippen LogP contribution in [0.15, 0.2) is 0 Å². The summed E-state index contributed by atoms with van der Waals surface area (Å²) in [5.41, 5.74) is 1.74. The predicted octanol–water partition coefficient (Wildman–Crippen LogP) is 3.26. The molecule has 1 unspecified atom stereocenters. The van der Waals surface area contributed by atoms with E-state index in [-0.39, 0.29) is 0 Å². The normalized spacial score (nSPS) is 27.9. The molecule has 0 N–H and O–H groups in total. The Morgan fingerprint density at radius 1 is 1.20 bits per heavy atom. The van der Waals surface area contributed by atoms with Crippen molar-refractivity contribution in [3.63, 3.8) is 0 Å². The summed E-state index contributed by atoms with van der Waals surface area (Å²) in [5, 5.41) is 0. The van der Waals surface area contributed by atoms with E-state index in [1.54, 1.807) is 0 Å². The van der Waals surface area contributed by atoms with Crippen molar-refractivity contribution >= 4 is 8.58 Å². The molecule has 1 aliphatic rings. The van der Waals surface area contributed by atoms with Crippen LogP contribution in [0.4, 0.5) is 0 Å². The van der Waals surface area contributed by atoms with E-state index in [2.05, 4.69) is 20.5 Å². The average Bonchev–Trinajstić information content (AvgIpc) is 1.88. The lowest BCUT2D eigenvalue weighted by Crippen LogP contribution is -2.21. The molecular formula is C9H19P. The van der Waals surface area contributed by atoms with Gasteiger partial charge in [0.05, 0.1) is 0 Å². The summed E-state index contributed by atoms with van der Waals surface area (Å²) in [6, 6.07) is 0. The molecule has 1 heteroatoms. The summed E-state index contributed by atoms with van der Waals surface area (Å²) in [4.78, 5) is 0. The molecule has 1 saturated carbocycles. The van der Waals surface area contributed by atoms with Crippen LogP contribution in [-0.4, -0.2) is 12.3 Å². The molecule has 0 radical (unpaired) electrons. The zero-order valence-corrected chi connectivity index (χ0v) is 8.41. The van der Waals surface area contributed by atoms with Crippen LogP contribution in [0.5, 0.6) is 0 Å². The zero-order chi connectivity index (χ0) is 7.61. The maximum atomic E-state index is 2.40. The average molecular weight is 158 g/mol. The van der Waals surface area contributed by atoms with Crippen LogP contribution in [0.2, 0.25) is 0 Å². The largest absolute Gasteiger partial charge is 0.122 e. The fraction of sp³-hybridized carbons (Fsp3) is 1.00. The SMILES string of the molecule is CPC1CCC(C)(C)CC1.